The standard InChI is InChI=1S/C13H16F2O3/c1-2-3-7-18-12(17)8-11(16)9-5-4-6-10(14)13(9)15/h4-6,11,16H,2-3,7-8H2,1H3. The lowest BCUT2D eigenvalue weighted by molar-refractivity contribution is -0.146. The second-order valence-corrected chi connectivity index (χ2v) is 3.94. The van der Waals surface area contributed by atoms with Crippen LogP contribution < -0.4 is 0 Å². The molecule has 0 aliphatic heterocycles. The molecule has 1 atom stereocenters. The minimum atomic E-state index is -1.39. The number of ether oxygens (including phenoxy) is 1. The highest BCUT2D eigenvalue weighted by Gasteiger charge is 2.19. The number of carbonyl (C=O) groups excluding carboxylic acids is 1. The molecule has 1 aromatic carbocycles. The Hall–Kier alpha value is -1.49. The van der Waals surface area contributed by atoms with Crippen LogP contribution in [-0.4, -0.2) is 17.7 Å². The summed E-state index contributed by atoms with van der Waals surface area (Å²) in [5, 5.41) is 9.65. The lowest BCUT2D eigenvalue weighted by Crippen LogP contribution is -2.12. The Bertz CT molecular complexity index is 407. The van der Waals surface area contributed by atoms with E-state index in [2.05, 4.69) is 0 Å². The van der Waals surface area contributed by atoms with E-state index in [0.717, 1.165) is 18.9 Å². The molecule has 0 spiro atoms. The van der Waals surface area contributed by atoms with E-state index in [9.17, 15) is 18.7 Å². The highest BCUT2D eigenvalue weighted by Crippen LogP contribution is 2.22. The Morgan fingerprint density at radius 3 is 2.83 bits per heavy atom. The van der Waals surface area contributed by atoms with Crippen LogP contribution in [0.5, 0.6) is 0 Å². The Morgan fingerprint density at radius 1 is 1.44 bits per heavy atom. The van der Waals surface area contributed by atoms with Crippen LogP contribution in [0.25, 0.3) is 0 Å². The van der Waals surface area contributed by atoms with Gasteiger partial charge < -0.3 is 9.84 Å². The second-order valence-electron chi connectivity index (χ2n) is 3.94. The van der Waals surface area contributed by atoms with E-state index in [1.54, 1.807) is 0 Å². The summed E-state index contributed by atoms with van der Waals surface area (Å²) >= 11 is 0. The van der Waals surface area contributed by atoms with E-state index < -0.39 is 23.7 Å². The molecule has 1 N–H and O–H groups in total. The zero-order valence-corrected chi connectivity index (χ0v) is 10.2. The van der Waals surface area contributed by atoms with E-state index >= 15 is 0 Å². The monoisotopic (exact) mass is 258 g/mol. The van der Waals surface area contributed by atoms with Crippen LogP contribution in [0.15, 0.2) is 18.2 Å². The molecule has 0 saturated heterocycles. The molecule has 0 fully saturated rings. The summed E-state index contributed by atoms with van der Waals surface area (Å²) < 4.78 is 31.1. The smallest absolute Gasteiger partial charge is 0.308 e. The average molecular weight is 258 g/mol. The van der Waals surface area contributed by atoms with Gasteiger partial charge in [-0.3, -0.25) is 4.79 Å². The van der Waals surface area contributed by atoms with Gasteiger partial charge in [0.05, 0.1) is 19.1 Å². The fourth-order valence-corrected chi connectivity index (χ4v) is 1.43. The van der Waals surface area contributed by atoms with E-state index in [1.807, 2.05) is 6.92 Å². The summed E-state index contributed by atoms with van der Waals surface area (Å²) in [6, 6.07) is 3.47. The lowest BCUT2D eigenvalue weighted by Gasteiger charge is -2.11. The van der Waals surface area contributed by atoms with Crippen LogP contribution in [0, 0.1) is 11.6 Å². The van der Waals surface area contributed by atoms with Gasteiger partial charge >= 0.3 is 5.97 Å². The SMILES string of the molecule is CCCCOC(=O)CC(O)c1cccc(F)c1F. The molecule has 0 saturated carbocycles. The number of unbranched alkanes of at least 4 members (excludes halogenated alkanes) is 1. The number of benzene rings is 1. The summed E-state index contributed by atoms with van der Waals surface area (Å²) in [7, 11) is 0. The van der Waals surface area contributed by atoms with Crippen LogP contribution >= 0.6 is 0 Å². The van der Waals surface area contributed by atoms with Crippen molar-refractivity contribution in [2.24, 2.45) is 0 Å². The van der Waals surface area contributed by atoms with Crippen molar-refractivity contribution >= 4 is 5.97 Å². The lowest BCUT2D eigenvalue weighted by atomic mass is 10.1. The summed E-state index contributed by atoms with van der Waals surface area (Å²) in [6.07, 6.45) is -0.163. The predicted molar refractivity (Wildman–Crippen MR) is 61.8 cm³/mol. The van der Waals surface area contributed by atoms with Gasteiger partial charge in [-0.15, -0.1) is 0 Å². The van der Waals surface area contributed by atoms with E-state index in [4.69, 9.17) is 4.74 Å². The first-order valence-electron chi connectivity index (χ1n) is 5.83. The maximum absolute atomic E-state index is 13.3. The van der Waals surface area contributed by atoms with Gasteiger partial charge in [0.25, 0.3) is 0 Å². The number of halogens is 2. The zero-order chi connectivity index (χ0) is 13.5. The molecule has 0 radical (unpaired) electrons. The third-order valence-electron chi connectivity index (χ3n) is 2.46. The number of esters is 1. The molecule has 0 aromatic heterocycles. The molecule has 0 amide bonds. The Balaban J connectivity index is 2.57. The molecule has 1 rings (SSSR count). The average Bonchev–Trinajstić information content (AvgIpc) is 2.32. The number of aliphatic hydroxyl groups excluding tert-OH is 1. The quantitative estimate of drug-likeness (QED) is 0.630. The third-order valence-corrected chi connectivity index (χ3v) is 2.46. The van der Waals surface area contributed by atoms with Crippen LogP contribution in [0.1, 0.15) is 37.9 Å². The molecule has 5 heteroatoms. The van der Waals surface area contributed by atoms with E-state index in [-0.39, 0.29) is 18.6 Å². The van der Waals surface area contributed by atoms with Crippen LogP contribution in [-0.2, 0) is 9.53 Å². The van der Waals surface area contributed by atoms with Gasteiger partial charge in [0.1, 0.15) is 0 Å². The second kappa shape index (κ2) is 7.06. The van der Waals surface area contributed by atoms with Crippen molar-refractivity contribution in [3.63, 3.8) is 0 Å². The summed E-state index contributed by atoms with van der Waals surface area (Å²) in [5.74, 6) is -2.81. The fraction of sp³-hybridized carbons (Fsp3) is 0.462. The molecule has 100 valence electrons. The Kier molecular flexibility index (Phi) is 5.71. The van der Waals surface area contributed by atoms with E-state index in [0.29, 0.717) is 0 Å². The predicted octanol–water partition coefficient (Wildman–Crippen LogP) is 2.73. The molecule has 1 unspecified atom stereocenters. The van der Waals surface area contributed by atoms with Crippen LogP contribution in [0.3, 0.4) is 0 Å². The first-order chi connectivity index (χ1) is 8.56. The summed E-state index contributed by atoms with van der Waals surface area (Å²) in [5.41, 5.74) is -0.234. The number of aliphatic hydroxyl groups is 1. The minimum absolute atomic E-state index is 0.234. The topological polar surface area (TPSA) is 46.5 Å². The van der Waals surface area contributed by atoms with Gasteiger partial charge in [-0.05, 0) is 12.5 Å². The minimum Gasteiger partial charge on any atom is -0.466 e. The molecular weight excluding hydrogens is 242 g/mol. The largest absolute Gasteiger partial charge is 0.466 e. The Morgan fingerprint density at radius 2 is 2.17 bits per heavy atom. The van der Waals surface area contributed by atoms with Gasteiger partial charge in [0, 0.05) is 5.56 Å². The summed E-state index contributed by atoms with van der Waals surface area (Å²) in [6.45, 7) is 2.22. The molecule has 3 nitrogen and oxygen atoms in total. The molecular formula is C13H16F2O3. The maximum atomic E-state index is 13.3. The van der Waals surface area contributed by atoms with Crippen molar-refractivity contribution in [2.75, 3.05) is 6.61 Å². The molecule has 1 aromatic rings. The third kappa shape index (κ3) is 4.07. The first kappa shape index (κ1) is 14.6. The van der Waals surface area contributed by atoms with Crippen molar-refractivity contribution in [3.05, 3.63) is 35.4 Å². The molecule has 0 aliphatic carbocycles. The van der Waals surface area contributed by atoms with Crippen molar-refractivity contribution < 1.29 is 23.4 Å². The van der Waals surface area contributed by atoms with Crippen LogP contribution in [0.4, 0.5) is 8.78 Å². The molecule has 0 heterocycles. The molecule has 0 aliphatic rings. The van der Waals surface area contributed by atoms with Gasteiger partial charge in [-0.1, -0.05) is 25.5 Å². The van der Waals surface area contributed by atoms with Crippen molar-refractivity contribution in [1.29, 1.82) is 0 Å². The number of rotatable bonds is 6. The van der Waals surface area contributed by atoms with Gasteiger partial charge in [0.2, 0.25) is 0 Å². The Labute approximate surface area is 104 Å². The van der Waals surface area contributed by atoms with Crippen molar-refractivity contribution in [3.8, 4) is 0 Å². The van der Waals surface area contributed by atoms with E-state index in [1.165, 1.54) is 12.1 Å². The number of carbonyl (C=O) groups is 1. The number of hydrogen-bond donors (Lipinski definition) is 1. The zero-order valence-electron chi connectivity index (χ0n) is 10.2. The highest BCUT2D eigenvalue weighted by atomic mass is 19.2. The number of hydrogen-bond acceptors (Lipinski definition) is 3. The normalized spacial score (nSPS) is 12.2. The summed E-state index contributed by atoms with van der Waals surface area (Å²) in [4.78, 5) is 11.3. The van der Waals surface area contributed by atoms with Gasteiger partial charge in [-0.2, -0.15) is 0 Å². The highest BCUT2D eigenvalue weighted by molar-refractivity contribution is 5.70. The maximum Gasteiger partial charge on any atom is 0.308 e. The fourth-order valence-electron chi connectivity index (χ4n) is 1.43. The van der Waals surface area contributed by atoms with Crippen molar-refractivity contribution in [1.82, 2.24) is 0 Å². The first-order valence-corrected chi connectivity index (χ1v) is 5.83. The molecule has 18 heavy (non-hydrogen) atoms. The molecule has 0 bridgehead atoms. The van der Waals surface area contributed by atoms with Gasteiger partial charge in [-0.25, -0.2) is 8.78 Å². The van der Waals surface area contributed by atoms with Gasteiger partial charge in [0.15, 0.2) is 11.6 Å². The van der Waals surface area contributed by atoms with Crippen molar-refractivity contribution in [2.45, 2.75) is 32.3 Å². The van der Waals surface area contributed by atoms with Crippen LogP contribution in [0.2, 0.25) is 0 Å².